The van der Waals surface area contributed by atoms with E-state index in [1.807, 2.05) is 43.1 Å². The number of fused-ring (bicyclic) bond motifs is 1. The minimum Gasteiger partial charge on any atom is -0.494 e. The normalized spacial score (nSPS) is 10.8. The molecular weight excluding hydrogens is 326 g/mol. The van der Waals surface area contributed by atoms with Gasteiger partial charge in [-0.1, -0.05) is 23.5 Å². The Morgan fingerprint density at radius 2 is 2.00 bits per heavy atom. The number of ether oxygens (including phenoxy) is 1. The Kier molecular flexibility index (Phi) is 4.61. The number of nitro groups is 1. The summed E-state index contributed by atoms with van der Waals surface area (Å²) in [5, 5.41) is 11.7. The van der Waals surface area contributed by atoms with E-state index >= 15 is 0 Å². The topological polar surface area (TPSA) is 68.5 Å². The first-order valence-electron chi connectivity index (χ1n) is 7.54. The van der Waals surface area contributed by atoms with Crippen molar-refractivity contribution >= 4 is 32.4 Å². The van der Waals surface area contributed by atoms with Crippen LogP contribution in [0.4, 0.5) is 10.8 Å². The molecule has 24 heavy (non-hydrogen) atoms. The maximum Gasteiger partial charge on any atom is 0.270 e. The minimum absolute atomic E-state index is 0.0897. The smallest absolute Gasteiger partial charge is 0.270 e. The van der Waals surface area contributed by atoms with E-state index in [2.05, 4.69) is 4.98 Å². The molecule has 6 nitrogen and oxygen atoms in total. The van der Waals surface area contributed by atoms with Crippen LogP contribution in [0.5, 0.6) is 5.75 Å². The first-order valence-corrected chi connectivity index (χ1v) is 8.36. The molecule has 1 heterocycles. The molecular formula is C17H17N3O3S. The molecule has 3 aromatic rings. The highest BCUT2D eigenvalue weighted by Crippen LogP contribution is 2.31. The number of aromatic nitrogens is 1. The molecule has 0 aliphatic carbocycles. The standard InChI is InChI=1S/C17H17N3O3S/c1-3-23-14-7-4-12(5-8-14)11-19(2)17-18-15-9-6-13(20(21)22)10-16(15)24-17/h4-10H,3,11H2,1-2H3. The van der Waals surface area contributed by atoms with Crippen molar-refractivity contribution in [3.63, 3.8) is 0 Å². The van der Waals surface area contributed by atoms with Crippen molar-refractivity contribution in [2.24, 2.45) is 0 Å². The maximum atomic E-state index is 10.9. The van der Waals surface area contributed by atoms with E-state index in [0.29, 0.717) is 13.2 Å². The number of non-ortho nitro benzene ring substituents is 1. The molecule has 0 atom stereocenters. The van der Waals surface area contributed by atoms with Gasteiger partial charge in [-0.3, -0.25) is 10.1 Å². The van der Waals surface area contributed by atoms with Gasteiger partial charge in [0.05, 0.1) is 21.7 Å². The van der Waals surface area contributed by atoms with Crippen LogP contribution in [-0.2, 0) is 6.54 Å². The molecule has 0 amide bonds. The Balaban J connectivity index is 1.77. The van der Waals surface area contributed by atoms with Gasteiger partial charge in [0.15, 0.2) is 5.13 Å². The molecule has 0 saturated heterocycles. The van der Waals surface area contributed by atoms with Crippen molar-refractivity contribution in [1.82, 2.24) is 4.98 Å². The summed E-state index contributed by atoms with van der Waals surface area (Å²) in [7, 11) is 1.96. The second-order valence-electron chi connectivity index (χ2n) is 5.34. The van der Waals surface area contributed by atoms with Crippen molar-refractivity contribution in [2.75, 3.05) is 18.6 Å². The van der Waals surface area contributed by atoms with Gasteiger partial charge in [-0.2, -0.15) is 0 Å². The molecule has 0 aliphatic heterocycles. The van der Waals surface area contributed by atoms with E-state index in [1.165, 1.54) is 17.4 Å². The molecule has 0 aliphatic rings. The molecule has 0 unspecified atom stereocenters. The van der Waals surface area contributed by atoms with Crippen molar-refractivity contribution in [2.45, 2.75) is 13.5 Å². The van der Waals surface area contributed by atoms with E-state index in [4.69, 9.17) is 4.74 Å². The predicted molar refractivity (Wildman–Crippen MR) is 96.0 cm³/mol. The number of nitrogens with zero attached hydrogens (tertiary/aromatic N) is 3. The van der Waals surface area contributed by atoms with Crippen LogP contribution in [0.25, 0.3) is 10.2 Å². The summed E-state index contributed by atoms with van der Waals surface area (Å²) in [4.78, 5) is 17.1. The lowest BCUT2D eigenvalue weighted by molar-refractivity contribution is -0.384. The van der Waals surface area contributed by atoms with Crippen LogP contribution in [0.3, 0.4) is 0 Å². The molecule has 124 valence electrons. The quantitative estimate of drug-likeness (QED) is 0.494. The summed E-state index contributed by atoms with van der Waals surface area (Å²) in [6.07, 6.45) is 0. The minimum atomic E-state index is -0.386. The molecule has 0 bridgehead atoms. The highest BCUT2D eigenvalue weighted by atomic mass is 32.1. The van der Waals surface area contributed by atoms with Crippen LogP contribution in [-0.4, -0.2) is 23.6 Å². The van der Waals surface area contributed by atoms with Gasteiger partial charge in [0.2, 0.25) is 0 Å². The first-order chi connectivity index (χ1) is 11.6. The molecule has 3 rings (SSSR count). The lowest BCUT2D eigenvalue weighted by atomic mass is 10.2. The number of anilines is 1. The summed E-state index contributed by atoms with van der Waals surface area (Å²) >= 11 is 1.45. The third-order valence-corrected chi connectivity index (χ3v) is 4.68. The SMILES string of the molecule is CCOc1ccc(CN(C)c2nc3ccc([N+](=O)[O-])cc3s2)cc1. The lowest BCUT2D eigenvalue weighted by Crippen LogP contribution is -2.15. The van der Waals surface area contributed by atoms with E-state index in [1.54, 1.807) is 12.1 Å². The van der Waals surface area contributed by atoms with Gasteiger partial charge in [-0.25, -0.2) is 4.98 Å². The van der Waals surface area contributed by atoms with Gasteiger partial charge < -0.3 is 9.64 Å². The average Bonchev–Trinajstić information content (AvgIpc) is 3.00. The zero-order valence-corrected chi connectivity index (χ0v) is 14.2. The van der Waals surface area contributed by atoms with Crippen molar-refractivity contribution < 1.29 is 9.66 Å². The van der Waals surface area contributed by atoms with Crippen LogP contribution in [0.15, 0.2) is 42.5 Å². The second kappa shape index (κ2) is 6.84. The lowest BCUT2D eigenvalue weighted by Gasteiger charge is -2.15. The van der Waals surface area contributed by atoms with Gasteiger partial charge in [0, 0.05) is 25.7 Å². The van der Waals surface area contributed by atoms with Crippen LogP contribution >= 0.6 is 11.3 Å². The third-order valence-electron chi connectivity index (χ3n) is 3.55. The summed E-state index contributed by atoms with van der Waals surface area (Å²) in [6.45, 7) is 3.31. The molecule has 0 fully saturated rings. The van der Waals surface area contributed by atoms with Gasteiger partial charge in [-0.15, -0.1) is 0 Å². The van der Waals surface area contributed by atoms with Crippen molar-refractivity contribution in [3.05, 3.63) is 58.1 Å². The predicted octanol–water partition coefficient (Wildman–Crippen LogP) is 4.24. The summed E-state index contributed by atoms with van der Waals surface area (Å²) < 4.78 is 6.26. The first kappa shape index (κ1) is 16.2. The number of thiazole rings is 1. The fourth-order valence-electron chi connectivity index (χ4n) is 2.38. The number of rotatable bonds is 6. The van der Waals surface area contributed by atoms with Gasteiger partial charge in [-0.05, 0) is 30.7 Å². The summed E-state index contributed by atoms with van der Waals surface area (Å²) in [5.41, 5.74) is 2.01. The van der Waals surface area contributed by atoms with Crippen LogP contribution in [0.2, 0.25) is 0 Å². The second-order valence-corrected chi connectivity index (χ2v) is 6.35. The highest BCUT2D eigenvalue weighted by molar-refractivity contribution is 7.22. The van der Waals surface area contributed by atoms with Crippen molar-refractivity contribution in [3.8, 4) is 5.75 Å². The molecule has 0 radical (unpaired) electrons. The summed E-state index contributed by atoms with van der Waals surface area (Å²) in [6, 6.07) is 12.7. The number of nitro benzene ring substituents is 1. The fraction of sp³-hybridized carbons (Fsp3) is 0.235. The zero-order chi connectivity index (χ0) is 17.1. The Morgan fingerprint density at radius 3 is 2.67 bits per heavy atom. The van der Waals surface area contributed by atoms with E-state index in [0.717, 1.165) is 26.7 Å². The molecule has 0 N–H and O–H groups in total. The molecule has 0 spiro atoms. The molecule has 7 heteroatoms. The number of hydrogen-bond donors (Lipinski definition) is 0. The van der Waals surface area contributed by atoms with E-state index in [9.17, 15) is 10.1 Å². The van der Waals surface area contributed by atoms with Gasteiger partial charge in [0.1, 0.15) is 5.75 Å². The van der Waals surface area contributed by atoms with Gasteiger partial charge in [0.25, 0.3) is 5.69 Å². The summed E-state index contributed by atoms with van der Waals surface area (Å²) in [5.74, 6) is 0.858. The fourth-order valence-corrected chi connectivity index (χ4v) is 3.34. The monoisotopic (exact) mass is 343 g/mol. The Bertz CT molecular complexity index is 861. The van der Waals surface area contributed by atoms with Crippen LogP contribution in [0.1, 0.15) is 12.5 Å². The highest BCUT2D eigenvalue weighted by Gasteiger charge is 2.13. The number of benzene rings is 2. The Hall–Kier alpha value is -2.67. The Morgan fingerprint density at radius 1 is 1.25 bits per heavy atom. The Labute approximate surface area is 143 Å². The average molecular weight is 343 g/mol. The van der Waals surface area contributed by atoms with Crippen LogP contribution < -0.4 is 9.64 Å². The van der Waals surface area contributed by atoms with E-state index in [-0.39, 0.29) is 10.6 Å². The largest absolute Gasteiger partial charge is 0.494 e. The maximum absolute atomic E-state index is 10.9. The van der Waals surface area contributed by atoms with Gasteiger partial charge >= 0.3 is 0 Å². The molecule has 0 saturated carbocycles. The van der Waals surface area contributed by atoms with Crippen LogP contribution in [0, 0.1) is 10.1 Å². The molecule has 2 aromatic carbocycles. The van der Waals surface area contributed by atoms with Crippen molar-refractivity contribution in [1.29, 1.82) is 0 Å². The third kappa shape index (κ3) is 3.46. The molecule has 1 aromatic heterocycles. The van der Waals surface area contributed by atoms with E-state index < -0.39 is 0 Å². The zero-order valence-electron chi connectivity index (χ0n) is 13.4. The number of hydrogen-bond acceptors (Lipinski definition) is 6.